The van der Waals surface area contributed by atoms with Crippen LogP contribution in [0.25, 0.3) is 0 Å². The lowest BCUT2D eigenvalue weighted by atomic mass is 10.0. The Labute approximate surface area is 97.5 Å². The molecule has 0 spiro atoms. The van der Waals surface area contributed by atoms with Gasteiger partial charge in [0.1, 0.15) is 5.78 Å². The van der Waals surface area contributed by atoms with Crippen molar-refractivity contribution in [1.29, 1.82) is 0 Å². The van der Waals surface area contributed by atoms with E-state index in [0.29, 0.717) is 24.5 Å². The van der Waals surface area contributed by atoms with Gasteiger partial charge in [-0.05, 0) is 19.8 Å². The van der Waals surface area contributed by atoms with Crippen molar-refractivity contribution < 1.29 is 9.53 Å². The molecule has 0 amide bonds. The van der Waals surface area contributed by atoms with Crippen molar-refractivity contribution in [3.05, 3.63) is 12.2 Å². The highest BCUT2D eigenvalue weighted by Gasteiger charge is 2.39. The molecule has 0 radical (unpaired) electrons. The fourth-order valence-electron chi connectivity index (χ4n) is 2.84. The van der Waals surface area contributed by atoms with Gasteiger partial charge in [0, 0.05) is 31.5 Å². The van der Waals surface area contributed by atoms with Crippen molar-refractivity contribution in [2.45, 2.75) is 44.7 Å². The zero-order chi connectivity index (χ0) is 11.5. The maximum absolute atomic E-state index is 11.4. The number of ketones is 1. The van der Waals surface area contributed by atoms with Crippen LogP contribution >= 0.6 is 0 Å². The lowest BCUT2D eigenvalue weighted by Gasteiger charge is -2.33. The van der Waals surface area contributed by atoms with E-state index in [2.05, 4.69) is 11.5 Å². The van der Waals surface area contributed by atoms with Crippen LogP contribution in [0.1, 0.15) is 32.6 Å². The first-order valence-electron chi connectivity index (χ1n) is 6.16. The first kappa shape index (κ1) is 11.8. The number of carbonyl (C=O) groups is 1. The number of nitrogens with zero attached hydrogens (tertiary/aromatic N) is 1. The molecule has 0 aromatic heterocycles. The van der Waals surface area contributed by atoms with Gasteiger partial charge in [0.15, 0.2) is 0 Å². The molecular weight excluding hydrogens is 202 g/mol. The lowest BCUT2D eigenvalue weighted by Crippen LogP contribution is -2.44. The van der Waals surface area contributed by atoms with Gasteiger partial charge in [-0.15, -0.1) is 0 Å². The second-order valence-electron chi connectivity index (χ2n) is 5.08. The Kier molecular flexibility index (Phi) is 3.77. The molecule has 90 valence electrons. The molecule has 0 aromatic rings. The van der Waals surface area contributed by atoms with Gasteiger partial charge in [-0.2, -0.15) is 0 Å². The summed E-state index contributed by atoms with van der Waals surface area (Å²) in [5.74, 6) is 0.451. The second kappa shape index (κ2) is 5.11. The van der Waals surface area contributed by atoms with Gasteiger partial charge in [-0.25, -0.2) is 0 Å². The van der Waals surface area contributed by atoms with Crippen molar-refractivity contribution in [1.82, 2.24) is 4.90 Å². The summed E-state index contributed by atoms with van der Waals surface area (Å²) in [5.41, 5.74) is 1.07. The SMILES string of the molecule is C=C(C)COCCN1C2CCC1CC(=O)C2. The predicted molar refractivity (Wildman–Crippen MR) is 63.4 cm³/mol. The van der Waals surface area contributed by atoms with E-state index < -0.39 is 0 Å². The Morgan fingerprint density at radius 2 is 2.06 bits per heavy atom. The zero-order valence-corrected chi connectivity index (χ0v) is 10.1. The molecule has 0 aliphatic carbocycles. The summed E-state index contributed by atoms with van der Waals surface area (Å²) < 4.78 is 5.52. The molecule has 2 rings (SSSR count). The Bertz CT molecular complexity index is 272. The zero-order valence-electron chi connectivity index (χ0n) is 10.1. The molecule has 2 heterocycles. The fourth-order valence-corrected chi connectivity index (χ4v) is 2.84. The van der Waals surface area contributed by atoms with Crippen molar-refractivity contribution in [3.8, 4) is 0 Å². The average molecular weight is 223 g/mol. The third-order valence-electron chi connectivity index (χ3n) is 3.54. The van der Waals surface area contributed by atoms with E-state index in [1.807, 2.05) is 6.92 Å². The average Bonchev–Trinajstić information content (AvgIpc) is 2.45. The number of hydrogen-bond donors (Lipinski definition) is 0. The van der Waals surface area contributed by atoms with Crippen molar-refractivity contribution in [2.75, 3.05) is 19.8 Å². The maximum Gasteiger partial charge on any atom is 0.136 e. The summed E-state index contributed by atoms with van der Waals surface area (Å²) in [4.78, 5) is 13.9. The van der Waals surface area contributed by atoms with Gasteiger partial charge in [-0.3, -0.25) is 9.69 Å². The number of rotatable bonds is 5. The molecule has 3 nitrogen and oxygen atoms in total. The molecule has 0 saturated carbocycles. The highest BCUT2D eigenvalue weighted by Crippen LogP contribution is 2.33. The molecular formula is C13H21NO2. The number of ether oxygens (including phenoxy) is 1. The van der Waals surface area contributed by atoms with Gasteiger partial charge in [0.2, 0.25) is 0 Å². The van der Waals surface area contributed by atoms with E-state index >= 15 is 0 Å². The van der Waals surface area contributed by atoms with Gasteiger partial charge in [-0.1, -0.05) is 12.2 Å². The minimum atomic E-state index is 0.451. The molecule has 2 saturated heterocycles. The number of carbonyl (C=O) groups excluding carboxylic acids is 1. The topological polar surface area (TPSA) is 29.5 Å². The van der Waals surface area contributed by atoms with Crippen molar-refractivity contribution in [2.24, 2.45) is 0 Å². The van der Waals surface area contributed by atoms with Crippen LogP contribution in [-0.2, 0) is 9.53 Å². The molecule has 3 heteroatoms. The number of Topliss-reactive ketones (excluding diaryl/α,β-unsaturated/α-hetero) is 1. The molecule has 16 heavy (non-hydrogen) atoms. The summed E-state index contributed by atoms with van der Waals surface area (Å²) in [6.07, 6.45) is 3.90. The summed E-state index contributed by atoms with van der Waals surface area (Å²) in [6.45, 7) is 8.16. The molecule has 0 N–H and O–H groups in total. The van der Waals surface area contributed by atoms with Gasteiger partial charge >= 0.3 is 0 Å². The third kappa shape index (κ3) is 2.71. The lowest BCUT2D eigenvalue weighted by molar-refractivity contribution is -0.123. The Morgan fingerprint density at radius 1 is 1.44 bits per heavy atom. The minimum Gasteiger partial charge on any atom is -0.376 e. The van der Waals surface area contributed by atoms with Crippen LogP contribution in [0.5, 0.6) is 0 Å². The van der Waals surface area contributed by atoms with Crippen LogP contribution < -0.4 is 0 Å². The van der Waals surface area contributed by atoms with Crippen LogP contribution in [-0.4, -0.2) is 42.5 Å². The quantitative estimate of drug-likeness (QED) is 0.525. The summed E-state index contributed by atoms with van der Waals surface area (Å²) in [7, 11) is 0. The maximum atomic E-state index is 11.4. The number of hydrogen-bond acceptors (Lipinski definition) is 3. The Morgan fingerprint density at radius 3 is 2.62 bits per heavy atom. The number of piperidine rings is 1. The van der Waals surface area contributed by atoms with E-state index in [1.54, 1.807) is 0 Å². The Balaban J connectivity index is 1.74. The van der Waals surface area contributed by atoms with Crippen LogP contribution in [0.3, 0.4) is 0 Å². The minimum absolute atomic E-state index is 0.451. The van der Waals surface area contributed by atoms with E-state index in [4.69, 9.17) is 4.74 Å². The van der Waals surface area contributed by atoms with Crippen LogP contribution in [0.2, 0.25) is 0 Å². The monoisotopic (exact) mass is 223 g/mol. The predicted octanol–water partition coefficient (Wildman–Crippen LogP) is 1.77. The first-order chi connectivity index (χ1) is 7.66. The molecule has 2 aliphatic heterocycles. The summed E-state index contributed by atoms with van der Waals surface area (Å²) in [5, 5.41) is 0. The molecule has 2 unspecified atom stereocenters. The first-order valence-corrected chi connectivity index (χ1v) is 6.16. The molecule has 2 bridgehead atoms. The smallest absolute Gasteiger partial charge is 0.136 e. The van der Waals surface area contributed by atoms with Crippen molar-refractivity contribution >= 4 is 5.78 Å². The molecule has 2 atom stereocenters. The van der Waals surface area contributed by atoms with Crippen LogP contribution in [0.15, 0.2) is 12.2 Å². The summed E-state index contributed by atoms with van der Waals surface area (Å²) in [6, 6.07) is 0.999. The van der Waals surface area contributed by atoms with E-state index in [9.17, 15) is 4.79 Å². The van der Waals surface area contributed by atoms with Crippen LogP contribution in [0, 0.1) is 0 Å². The highest BCUT2D eigenvalue weighted by atomic mass is 16.5. The van der Waals surface area contributed by atoms with E-state index in [1.165, 1.54) is 12.8 Å². The highest BCUT2D eigenvalue weighted by molar-refractivity contribution is 5.80. The van der Waals surface area contributed by atoms with Gasteiger partial charge in [0.25, 0.3) is 0 Å². The van der Waals surface area contributed by atoms with Gasteiger partial charge in [0.05, 0.1) is 13.2 Å². The van der Waals surface area contributed by atoms with Gasteiger partial charge < -0.3 is 4.74 Å². The van der Waals surface area contributed by atoms with Crippen molar-refractivity contribution in [3.63, 3.8) is 0 Å². The van der Waals surface area contributed by atoms with E-state index in [-0.39, 0.29) is 0 Å². The fraction of sp³-hybridized carbons (Fsp3) is 0.769. The standard InChI is InChI=1S/C13H21NO2/c1-10(2)9-16-6-5-14-11-3-4-12(14)8-13(15)7-11/h11-12H,1,3-9H2,2H3. The van der Waals surface area contributed by atoms with E-state index in [0.717, 1.165) is 31.6 Å². The van der Waals surface area contributed by atoms with Crippen LogP contribution in [0.4, 0.5) is 0 Å². The molecule has 2 aliphatic rings. The molecule has 0 aromatic carbocycles. The largest absolute Gasteiger partial charge is 0.376 e. The third-order valence-corrected chi connectivity index (χ3v) is 3.54. The molecule has 2 fully saturated rings. The second-order valence-corrected chi connectivity index (χ2v) is 5.08. The summed E-state index contributed by atoms with van der Waals surface area (Å²) >= 11 is 0. The Hall–Kier alpha value is -0.670. The normalized spacial score (nSPS) is 29.7. The number of fused-ring (bicyclic) bond motifs is 2.